The summed E-state index contributed by atoms with van der Waals surface area (Å²) in [5.41, 5.74) is 0.453. The van der Waals surface area contributed by atoms with Crippen molar-refractivity contribution in [2.45, 2.75) is 18.8 Å². The number of anilines is 1. The molecule has 3 rings (SSSR count). The van der Waals surface area contributed by atoms with Crippen molar-refractivity contribution < 1.29 is 18.4 Å². The van der Waals surface area contributed by atoms with Gasteiger partial charge in [-0.3, -0.25) is 9.59 Å². The molecule has 0 aliphatic carbocycles. The maximum atomic E-state index is 13.3. The summed E-state index contributed by atoms with van der Waals surface area (Å²) in [6.45, 7) is 2.88. The van der Waals surface area contributed by atoms with E-state index in [1.54, 1.807) is 24.5 Å². The van der Waals surface area contributed by atoms with Gasteiger partial charge in [-0.05, 0) is 18.2 Å². The molecule has 0 N–H and O–H groups in total. The van der Waals surface area contributed by atoms with Crippen molar-refractivity contribution in [3.63, 3.8) is 0 Å². The molecule has 2 saturated heterocycles. The van der Waals surface area contributed by atoms with Crippen molar-refractivity contribution in [3.05, 3.63) is 36.2 Å². The highest BCUT2D eigenvalue weighted by atomic mass is 19.3. The van der Waals surface area contributed by atoms with Gasteiger partial charge in [0.05, 0.1) is 5.56 Å². The van der Waals surface area contributed by atoms with Crippen LogP contribution in [0, 0.1) is 0 Å². The molecule has 6 nitrogen and oxygen atoms in total. The molecule has 140 valence electrons. The molecule has 1 amide bonds. The van der Waals surface area contributed by atoms with E-state index in [1.807, 2.05) is 9.80 Å². The first-order chi connectivity index (χ1) is 12.5. The second-order valence-corrected chi connectivity index (χ2v) is 6.52. The number of hydrogen-bond acceptors (Lipinski definition) is 5. The summed E-state index contributed by atoms with van der Waals surface area (Å²) in [6.07, 6.45) is 4.99. The lowest BCUT2D eigenvalue weighted by Gasteiger charge is -2.36. The van der Waals surface area contributed by atoms with Gasteiger partial charge in [0.15, 0.2) is 0 Å². The molecule has 2 fully saturated rings. The first-order valence-corrected chi connectivity index (χ1v) is 8.73. The van der Waals surface area contributed by atoms with Gasteiger partial charge in [-0.25, -0.2) is 13.8 Å². The lowest BCUT2D eigenvalue weighted by molar-refractivity contribution is -0.104. The van der Waals surface area contributed by atoms with Crippen LogP contribution in [0.1, 0.15) is 23.2 Å². The van der Waals surface area contributed by atoms with Crippen LogP contribution in [-0.2, 0) is 4.79 Å². The molecular formula is C18H22F2N4O2. The van der Waals surface area contributed by atoms with E-state index in [2.05, 4.69) is 4.98 Å². The number of pyridine rings is 1. The standard InChI is InChI=1S/C18H22F2N4O2/c19-18(20)4-8-24(9-5-18)17(26)15-3-1-6-21-16(15)23-12-10-22(11-13-23)7-2-14-25/h1-3,6-7,14H,4-5,8-13H2. The van der Waals surface area contributed by atoms with Gasteiger partial charge in [-0.1, -0.05) is 0 Å². The van der Waals surface area contributed by atoms with E-state index in [1.165, 1.54) is 11.0 Å². The summed E-state index contributed by atoms with van der Waals surface area (Å²) in [5.74, 6) is -2.33. The van der Waals surface area contributed by atoms with Gasteiger partial charge >= 0.3 is 0 Å². The Kier molecular flexibility index (Phi) is 5.49. The smallest absolute Gasteiger partial charge is 0.257 e. The van der Waals surface area contributed by atoms with E-state index in [9.17, 15) is 18.4 Å². The minimum atomic E-state index is -2.68. The summed E-state index contributed by atoms with van der Waals surface area (Å²) in [7, 11) is 0. The van der Waals surface area contributed by atoms with Gasteiger partial charge in [0.2, 0.25) is 0 Å². The van der Waals surface area contributed by atoms with Gasteiger partial charge < -0.3 is 14.7 Å². The van der Waals surface area contributed by atoms with Crippen molar-refractivity contribution in [2.24, 2.45) is 0 Å². The number of nitrogens with zero attached hydrogens (tertiary/aromatic N) is 4. The van der Waals surface area contributed by atoms with Crippen LogP contribution in [0.5, 0.6) is 0 Å². The molecule has 0 aromatic carbocycles. The number of carbonyl (C=O) groups is 2. The molecule has 0 atom stereocenters. The third-order valence-electron chi connectivity index (χ3n) is 4.79. The van der Waals surface area contributed by atoms with Crippen LogP contribution in [0.4, 0.5) is 14.6 Å². The monoisotopic (exact) mass is 364 g/mol. The maximum absolute atomic E-state index is 13.3. The Bertz CT molecular complexity index is 678. The van der Waals surface area contributed by atoms with Crippen LogP contribution in [0.25, 0.3) is 0 Å². The van der Waals surface area contributed by atoms with Crippen molar-refractivity contribution in [1.82, 2.24) is 14.8 Å². The Morgan fingerprint density at radius 3 is 2.46 bits per heavy atom. The van der Waals surface area contributed by atoms with Gasteiger partial charge in [-0.2, -0.15) is 0 Å². The normalized spacial score (nSPS) is 20.5. The van der Waals surface area contributed by atoms with Crippen molar-refractivity contribution in [2.75, 3.05) is 44.2 Å². The fourth-order valence-electron chi connectivity index (χ4n) is 3.26. The number of piperazine rings is 1. The number of allylic oxidation sites excluding steroid dienone is 1. The number of alkyl halides is 2. The van der Waals surface area contributed by atoms with Crippen LogP contribution in [-0.4, -0.2) is 72.2 Å². The Morgan fingerprint density at radius 2 is 1.81 bits per heavy atom. The molecule has 0 unspecified atom stereocenters. The summed E-state index contributed by atoms with van der Waals surface area (Å²) >= 11 is 0. The first kappa shape index (κ1) is 18.3. The van der Waals surface area contributed by atoms with E-state index >= 15 is 0 Å². The molecule has 1 aromatic rings. The largest absolute Gasteiger partial charge is 0.374 e. The second kappa shape index (κ2) is 7.80. The molecule has 8 heteroatoms. The fraction of sp³-hybridized carbons (Fsp3) is 0.500. The third kappa shape index (κ3) is 4.17. The minimum Gasteiger partial charge on any atom is -0.374 e. The average molecular weight is 364 g/mol. The van der Waals surface area contributed by atoms with E-state index in [0.29, 0.717) is 37.6 Å². The molecule has 2 aliphatic heterocycles. The van der Waals surface area contributed by atoms with Crippen LogP contribution < -0.4 is 4.90 Å². The molecule has 26 heavy (non-hydrogen) atoms. The zero-order valence-electron chi connectivity index (χ0n) is 14.5. The quantitative estimate of drug-likeness (QED) is 0.602. The van der Waals surface area contributed by atoms with Crippen molar-refractivity contribution in [3.8, 4) is 0 Å². The van der Waals surface area contributed by atoms with Crippen molar-refractivity contribution in [1.29, 1.82) is 0 Å². The molecule has 3 heterocycles. The fourth-order valence-corrected chi connectivity index (χ4v) is 3.26. The summed E-state index contributed by atoms with van der Waals surface area (Å²) in [6, 6.07) is 3.40. The molecule has 2 aliphatic rings. The highest BCUT2D eigenvalue weighted by Gasteiger charge is 2.36. The Balaban J connectivity index is 1.70. The maximum Gasteiger partial charge on any atom is 0.257 e. The number of carbonyl (C=O) groups excluding carboxylic acids is 2. The number of aldehydes is 1. The lowest BCUT2D eigenvalue weighted by atomic mass is 10.1. The average Bonchev–Trinajstić information content (AvgIpc) is 2.66. The molecule has 0 radical (unpaired) electrons. The highest BCUT2D eigenvalue weighted by Crippen LogP contribution is 2.29. The van der Waals surface area contributed by atoms with Crippen LogP contribution >= 0.6 is 0 Å². The predicted octanol–water partition coefficient (Wildman–Crippen LogP) is 1.79. The Hall–Kier alpha value is -2.51. The third-order valence-corrected chi connectivity index (χ3v) is 4.79. The number of aromatic nitrogens is 1. The van der Waals surface area contributed by atoms with Crippen LogP contribution in [0.3, 0.4) is 0 Å². The topological polar surface area (TPSA) is 56.8 Å². The number of hydrogen-bond donors (Lipinski definition) is 0. The number of halogens is 2. The van der Waals surface area contributed by atoms with Gasteiger partial charge in [-0.15, -0.1) is 0 Å². The number of rotatable bonds is 4. The molecule has 0 saturated carbocycles. The zero-order valence-corrected chi connectivity index (χ0v) is 14.5. The zero-order chi connectivity index (χ0) is 18.6. The van der Waals surface area contributed by atoms with Crippen LogP contribution in [0.15, 0.2) is 30.6 Å². The van der Waals surface area contributed by atoms with Crippen molar-refractivity contribution >= 4 is 18.0 Å². The van der Waals surface area contributed by atoms with E-state index in [0.717, 1.165) is 6.29 Å². The lowest BCUT2D eigenvalue weighted by Crippen LogP contribution is -2.46. The van der Waals surface area contributed by atoms with E-state index in [-0.39, 0.29) is 31.8 Å². The van der Waals surface area contributed by atoms with E-state index in [4.69, 9.17) is 0 Å². The summed E-state index contributed by atoms with van der Waals surface area (Å²) < 4.78 is 26.7. The highest BCUT2D eigenvalue weighted by molar-refractivity contribution is 5.99. The van der Waals surface area contributed by atoms with Gasteiger partial charge in [0, 0.05) is 64.5 Å². The minimum absolute atomic E-state index is 0.0600. The predicted molar refractivity (Wildman–Crippen MR) is 93.3 cm³/mol. The number of piperidine rings is 1. The second-order valence-electron chi connectivity index (χ2n) is 6.52. The molecule has 0 spiro atoms. The molecule has 0 bridgehead atoms. The Labute approximate surface area is 151 Å². The molecular weight excluding hydrogens is 342 g/mol. The Morgan fingerprint density at radius 1 is 1.12 bits per heavy atom. The van der Waals surface area contributed by atoms with Gasteiger partial charge in [0.25, 0.3) is 11.8 Å². The van der Waals surface area contributed by atoms with Crippen LogP contribution in [0.2, 0.25) is 0 Å². The van der Waals surface area contributed by atoms with E-state index < -0.39 is 5.92 Å². The molecule has 1 aromatic heterocycles. The number of amides is 1. The number of likely N-dealkylation sites (tertiary alicyclic amines) is 1. The summed E-state index contributed by atoms with van der Waals surface area (Å²) in [4.78, 5) is 33.2. The van der Waals surface area contributed by atoms with Gasteiger partial charge in [0.1, 0.15) is 12.1 Å². The SMILES string of the molecule is O=CC=CN1CCN(c2ncccc2C(=O)N2CCC(F)(F)CC2)CC1. The summed E-state index contributed by atoms with van der Waals surface area (Å²) in [5, 5.41) is 0. The first-order valence-electron chi connectivity index (χ1n) is 8.73.